The predicted octanol–water partition coefficient (Wildman–Crippen LogP) is 4.27. The Balaban J connectivity index is 1.69. The molecule has 0 aromatic rings. The molecule has 1 heterocycles. The number of nitrogens with one attached hydrogen (secondary N) is 1. The van der Waals surface area contributed by atoms with E-state index in [4.69, 9.17) is 0 Å². The first kappa shape index (κ1) is 12.0. The van der Waals surface area contributed by atoms with Gasteiger partial charge in [-0.05, 0) is 37.5 Å². The lowest BCUT2D eigenvalue weighted by Crippen LogP contribution is -2.31. The third-order valence-electron chi connectivity index (χ3n) is 5.62. The van der Waals surface area contributed by atoms with E-state index in [2.05, 4.69) is 5.32 Å². The molecule has 0 bridgehead atoms. The van der Waals surface area contributed by atoms with Crippen LogP contribution in [0.5, 0.6) is 0 Å². The first-order valence-electron chi connectivity index (χ1n) is 8.21. The maximum Gasteiger partial charge on any atom is 0.0101 e. The zero-order chi connectivity index (χ0) is 11.5. The summed E-state index contributed by atoms with van der Waals surface area (Å²) < 4.78 is 0. The molecule has 0 radical (unpaired) electrons. The van der Waals surface area contributed by atoms with Gasteiger partial charge < -0.3 is 5.32 Å². The first-order valence-corrected chi connectivity index (χ1v) is 8.21. The number of hydrogen-bond acceptors (Lipinski definition) is 1. The van der Waals surface area contributed by atoms with Gasteiger partial charge in [0.05, 0.1) is 0 Å². The van der Waals surface area contributed by atoms with Crippen LogP contribution in [0.15, 0.2) is 0 Å². The average molecular weight is 235 g/mol. The molecule has 98 valence electrons. The van der Waals surface area contributed by atoms with Crippen molar-refractivity contribution in [1.82, 2.24) is 5.32 Å². The molecule has 4 unspecified atom stereocenters. The van der Waals surface area contributed by atoms with Crippen LogP contribution in [0.2, 0.25) is 0 Å². The predicted molar refractivity (Wildman–Crippen MR) is 73.1 cm³/mol. The second kappa shape index (κ2) is 5.73. The van der Waals surface area contributed by atoms with Gasteiger partial charge in [0.15, 0.2) is 0 Å². The number of rotatable bonds is 0. The van der Waals surface area contributed by atoms with Crippen LogP contribution in [-0.4, -0.2) is 12.1 Å². The van der Waals surface area contributed by atoms with Crippen molar-refractivity contribution < 1.29 is 0 Å². The molecule has 0 amide bonds. The topological polar surface area (TPSA) is 12.0 Å². The lowest BCUT2D eigenvalue weighted by atomic mass is 9.80. The van der Waals surface area contributed by atoms with Crippen molar-refractivity contribution >= 4 is 0 Å². The van der Waals surface area contributed by atoms with Crippen LogP contribution in [0.4, 0.5) is 0 Å². The summed E-state index contributed by atoms with van der Waals surface area (Å²) in [4.78, 5) is 0. The van der Waals surface area contributed by atoms with Crippen LogP contribution in [-0.2, 0) is 0 Å². The summed E-state index contributed by atoms with van der Waals surface area (Å²) in [7, 11) is 0. The third-order valence-corrected chi connectivity index (χ3v) is 5.62. The molecule has 3 fully saturated rings. The molecule has 4 atom stereocenters. The molecule has 1 N–H and O–H groups in total. The fourth-order valence-corrected chi connectivity index (χ4v) is 4.74. The van der Waals surface area contributed by atoms with Gasteiger partial charge >= 0.3 is 0 Å². The molecule has 17 heavy (non-hydrogen) atoms. The molecular formula is C16H29N. The molecule has 0 aromatic carbocycles. The van der Waals surface area contributed by atoms with Gasteiger partial charge in [-0.2, -0.15) is 0 Å². The van der Waals surface area contributed by atoms with Crippen LogP contribution in [0.1, 0.15) is 77.0 Å². The van der Waals surface area contributed by atoms with E-state index in [-0.39, 0.29) is 0 Å². The molecule has 1 nitrogen and oxygen atoms in total. The Hall–Kier alpha value is -0.0400. The highest BCUT2D eigenvalue weighted by molar-refractivity contribution is 4.98. The van der Waals surface area contributed by atoms with Crippen molar-refractivity contribution in [1.29, 1.82) is 0 Å². The molecule has 0 aromatic heterocycles. The maximum absolute atomic E-state index is 4.03. The van der Waals surface area contributed by atoms with Crippen LogP contribution in [0.3, 0.4) is 0 Å². The average Bonchev–Trinajstić information content (AvgIpc) is 2.55. The fraction of sp³-hybridized carbons (Fsp3) is 1.00. The molecule has 3 rings (SSSR count). The Labute approximate surface area is 107 Å². The third kappa shape index (κ3) is 2.70. The van der Waals surface area contributed by atoms with Gasteiger partial charge in [-0.3, -0.25) is 0 Å². The summed E-state index contributed by atoms with van der Waals surface area (Å²) in [5, 5.41) is 4.03. The van der Waals surface area contributed by atoms with Crippen LogP contribution in [0, 0.1) is 11.8 Å². The minimum atomic E-state index is 0.890. The summed E-state index contributed by atoms with van der Waals surface area (Å²) in [5.74, 6) is 2.08. The van der Waals surface area contributed by atoms with Gasteiger partial charge in [-0.1, -0.05) is 51.4 Å². The fourth-order valence-electron chi connectivity index (χ4n) is 4.74. The maximum atomic E-state index is 4.03. The second-order valence-corrected chi connectivity index (χ2v) is 6.69. The molecular weight excluding hydrogens is 206 g/mol. The summed E-state index contributed by atoms with van der Waals surface area (Å²) in [6, 6.07) is 1.79. The van der Waals surface area contributed by atoms with E-state index in [1.807, 2.05) is 0 Å². The number of hydrogen-bond donors (Lipinski definition) is 1. The smallest absolute Gasteiger partial charge is 0.0101 e. The van der Waals surface area contributed by atoms with Crippen LogP contribution in [0.25, 0.3) is 0 Å². The molecule has 1 heteroatoms. The molecule has 2 aliphatic carbocycles. The van der Waals surface area contributed by atoms with E-state index in [1.54, 1.807) is 0 Å². The van der Waals surface area contributed by atoms with Gasteiger partial charge in [-0.25, -0.2) is 0 Å². The van der Waals surface area contributed by atoms with E-state index >= 15 is 0 Å². The van der Waals surface area contributed by atoms with Crippen molar-refractivity contribution in [3.05, 3.63) is 0 Å². The summed E-state index contributed by atoms with van der Waals surface area (Å²) >= 11 is 0. The summed E-state index contributed by atoms with van der Waals surface area (Å²) in [5.41, 5.74) is 0. The Morgan fingerprint density at radius 3 is 1.47 bits per heavy atom. The zero-order valence-corrected chi connectivity index (χ0v) is 11.3. The molecule has 1 aliphatic heterocycles. The number of fused-ring (bicyclic) bond motifs is 3. The highest BCUT2D eigenvalue weighted by Crippen LogP contribution is 2.41. The monoisotopic (exact) mass is 235 g/mol. The molecule has 3 aliphatic rings. The highest BCUT2D eigenvalue weighted by Gasteiger charge is 2.41. The van der Waals surface area contributed by atoms with Gasteiger partial charge in [0.2, 0.25) is 0 Å². The van der Waals surface area contributed by atoms with E-state index in [1.165, 1.54) is 77.0 Å². The lowest BCUT2D eigenvalue weighted by Gasteiger charge is -2.24. The van der Waals surface area contributed by atoms with E-state index < -0.39 is 0 Å². The molecule has 1 saturated heterocycles. The Bertz CT molecular complexity index is 238. The van der Waals surface area contributed by atoms with Gasteiger partial charge in [0.25, 0.3) is 0 Å². The van der Waals surface area contributed by atoms with Crippen molar-refractivity contribution in [3.8, 4) is 0 Å². The quantitative estimate of drug-likeness (QED) is 0.661. The largest absolute Gasteiger partial charge is 0.311 e. The second-order valence-electron chi connectivity index (χ2n) is 6.69. The lowest BCUT2D eigenvalue weighted by molar-refractivity contribution is 0.294. The van der Waals surface area contributed by atoms with Gasteiger partial charge in [-0.15, -0.1) is 0 Å². The van der Waals surface area contributed by atoms with Gasteiger partial charge in [0, 0.05) is 12.1 Å². The SMILES string of the molecule is C1CCCC2NC3CCCCCC3C2CCC1. The minimum Gasteiger partial charge on any atom is -0.311 e. The molecule has 0 spiro atoms. The Morgan fingerprint density at radius 1 is 0.471 bits per heavy atom. The van der Waals surface area contributed by atoms with Crippen molar-refractivity contribution in [2.24, 2.45) is 11.8 Å². The van der Waals surface area contributed by atoms with Gasteiger partial charge in [0.1, 0.15) is 0 Å². The zero-order valence-electron chi connectivity index (χ0n) is 11.3. The van der Waals surface area contributed by atoms with Crippen LogP contribution >= 0.6 is 0 Å². The summed E-state index contributed by atoms with van der Waals surface area (Å²) in [6.45, 7) is 0. The van der Waals surface area contributed by atoms with E-state index in [9.17, 15) is 0 Å². The summed E-state index contributed by atoms with van der Waals surface area (Å²) in [6.07, 6.45) is 17.9. The Morgan fingerprint density at radius 2 is 0.882 bits per heavy atom. The van der Waals surface area contributed by atoms with E-state index in [0.29, 0.717) is 0 Å². The van der Waals surface area contributed by atoms with Crippen molar-refractivity contribution in [2.45, 2.75) is 89.1 Å². The Kier molecular flexibility index (Phi) is 4.05. The molecule has 2 saturated carbocycles. The standard InChI is InChI=1S/C16H29N/c1-2-5-9-13-14-10-6-4-8-12-16(14)17-15(13)11-7-3-1/h13-17H,1-12H2. The van der Waals surface area contributed by atoms with Crippen molar-refractivity contribution in [3.63, 3.8) is 0 Å². The van der Waals surface area contributed by atoms with Crippen molar-refractivity contribution in [2.75, 3.05) is 0 Å². The highest BCUT2D eigenvalue weighted by atomic mass is 15.0. The first-order chi connectivity index (χ1) is 8.45. The normalized spacial score (nSPS) is 43.8. The minimum absolute atomic E-state index is 0.890. The van der Waals surface area contributed by atoms with Crippen LogP contribution < -0.4 is 5.32 Å². The van der Waals surface area contributed by atoms with E-state index in [0.717, 1.165) is 23.9 Å².